The SMILES string of the molecule is N#Cc1cc(I)ccc1S. The molecule has 0 fully saturated rings. The maximum atomic E-state index is 8.54. The molecule has 0 radical (unpaired) electrons. The van der Waals surface area contributed by atoms with Crippen molar-refractivity contribution in [3.63, 3.8) is 0 Å². The number of thiol groups is 1. The lowest BCUT2D eigenvalue weighted by molar-refractivity contribution is 1.36. The predicted octanol–water partition coefficient (Wildman–Crippen LogP) is 2.45. The lowest BCUT2D eigenvalue weighted by Crippen LogP contribution is -1.78. The van der Waals surface area contributed by atoms with Gasteiger partial charge in [-0.2, -0.15) is 5.26 Å². The van der Waals surface area contributed by atoms with Crippen molar-refractivity contribution >= 4 is 35.2 Å². The number of benzene rings is 1. The fourth-order valence-corrected chi connectivity index (χ4v) is 1.28. The van der Waals surface area contributed by atoms with Crippen molar-refractivity contribution in [3.8, 4) is 6.07 Å². The number of hydrogen-bond donors (Lipinski definition) is 1. The van der Waals surface area contributed by atoms with E-state index in [1.165, 1.54) is 0 Å². The molecule has 3 heteroatoms. The van der Waals surface area contributed by atoms with Gasteiger partial charge in [-0.25, -0.2) is 0 Å². The zero-order valence-corrected chi connectivity index (χ0v) is 8.06. The minimum absolute atomic E-state index is 0.634. The van der Waals surface area contributed by atoms with Crippen LogP contribution in [0.2, 0.25) is 0 Å². The Balaban J connectivity index is 3.25. The first kappa shape index (κ1) is 7.89. The van der Waals surface area contributed by atoms with Crippen molar-refractivity contribution in [1.82, 2.24) is 0 Å². The molecule has 0 N–H and O–H groups in total. The minimum Gasteiger partial charge on any atom is -0.192 e. The lowest BCUT2D eigenvalue weighted by Gasteiger charge is -1.94. The summed E-state index contributed by atoms with van der Waals surface area (Å²) in [6, 6.07) is 7.61. The Morgan fingerprint density at radius 3 is 2.70 bits per heavy atom. The van der Waals surface area contributed by atoms with Gasteiger partial charge in [0.25, 0.3) is 0 Å². The summed E-state index contributed by atoms with van der Waals surface area (Å²) in [5.74, 6) is 0. The van der Waals surface area contributed by atoms with Crippen LogP contribution in [0.5, 0.6) is 0 Å². The smallest absolute Gasteiger partial charge is 0.100 e. The molecule has 1 nitrogen and oxygen atoms in total. The van der Waals surface area contributed by atoms with Crippen LogP contribution in [-0.4, -0.2) is 0 Å². The van der Waals surface area contributed by atoms with E-state index < -0.39 is 0 Å². The van der Waals surface area contributed by atoms with Gasteiger partial charge >= 0.3 is 0 Å². The van der Waals surface area contributed by atoms with Crippen molar-refractivity contribution in [1.29, 1.82) is 5.26 Å². The average Bonchev–Trinajstić information content (AvgIpc) is 1.94. The van der Waals surface area contributed by atoms with E-state index in [9.17, 15) is 0 Å². The van der Waals surface area contributed by atoms with Crippen LogP contribution < -0.4 is 0 Å². The fourth-order valence-electron chi connectivity index (χ4n) is 0.598. The summed E-state index contributed by atoms with van der Waals surface area (Å²) in [5, 5.41) is 8.54. The first-order chi connectivity index (χ1) is 4.74. The maximum absolute atomic E-state index is 8.54. The lowest BCUT2D eigenvalue weighted by atomic mass is 10.2. The van der Waals surface area contributed by atoms with Crippen LogP contribution in [0.3, 0.4) is 0 Å². The van der Waals surface area contributed by atoms with Crippen LogP contribution in [-0.2, 0) is 0 Å². The molecule has 0 spiro atoms. The summed E-state index contributed by atoms with van der Waals surface area (Å²) >= 11 is 6.26. The summed E-state index contributed by atoms with van der Waals surface area (Å²) in [7, 11) is 0. The number of rotatable bonds is 0. The standard InChI is InChI=1S/C7H4INS/c8-6-1-2-7(10)5(3-6)4-9/h1-3,10H. The van der Waals surface area contributed by atoms with Crippen LogP contribution in [0.4, 0.5) is 0 Å². The van der Waals surface area contributed by atoms with Gasteiger partial charge in [0.1, 0.15) is 6.07 Å². The van der Waals surface area contributed by atoms with E-state index in [0.29, 0.717) is 5.56 Å². The molecule has 0 unspecified atom stereocenters. The summed E-state index contributed by atoms with van der Waals surface area (Å²) in [6.07, 6.45) is 0. The predicted molar refractivity (Wildman–Crippen MR) is 51.1 cm³/mol. The van der Waals surface area contributed by atoms with Crippen molar-refractivity contribution in [2.24, 2.45) is 0 Å². The molecule has 0 saturated carbocycles. The van der Waals surface area contributed by atoms with E-state index >= 15 is 0 Å². The zero-order valence-electron chi connectivity index (χ0n) is 5.00. The van der Waals surface area contributed by atoms with E-state index in [1.54, 1.807) is 0 Å². The van der Waals surface area contributed by atoms with Crippen LogP contribution >= 0.6 is 35.2 Å². The number of nitrogens with zero attached hydrogens (tertiary/aromatic N) is 1. The molecule has 1 rings (SSSR count). The van der Waals surface area contributed by atoms with E-state index in [2.05, 4.69) is 41.3 Å². The molecule has 0 aliphatic rings. The molecule has 0 aliphatic carbocycles. The van der Waals surface area contributed by atoms with Gasteiger partial charge in [0, 0.05) is 8.47 Å². The van der Waals surface area contributed by atoms with Crippen LogP contribution in [0.1, 0.15) is 5.56 Å². The molecule has 10 heavy (non-hydrogen) atoms. The molecular weight excluding hydrogens is 257 g/mol. The third-order valence-electron chi connectivity index (χ3n) is 1.08. The van der Waals surface area contributed by atoms with E-state index in [4.69, 9.17) is 5.26 Å². The quantitative estimate of drug-likeness (QED) is 0.563. The normalized spacial score (nSPS) is 8.90. The highest BCUT2D eigenvalue weighted by molar-refractivity contribution is 14.1. The van der Waals surface area contributed by atoms with Gasteiger partial charge in [0.2, 0.25) is 0 Å². The molecule has 0 heterocycles. The topological polar surface area (TPSA) is 23.8 Å². The monoisotopic (exact) mass is 261 g/mol. The van der Waals surface area contributed by atoms with E-state index in [-0.39, 0.29) is 0 Å². The molecule has 0 aromatic heterocycles. The number of halogens is 1. The molecule has 0 aliphatic heterocycles. The molecule has 0 atom stereocenters. The summed E-state index contributed by atoms with van der Waals surface area (Å²) in [5.41, 5.74) is 0.634. The van der Waals surface area contributed by atoms with Gasteiger partial charge in [-0.15, -0.1) is 12.6 Å². The maximum Gasteiger partial charge on any atom is 0.100 e. The van der Waals surface area contributed by atoms with Gasteiger partial charge < -0.3 is 0 Å². The van der Waals surface area contributed by atoms with Gasteiger partial charge in [0.05, 0.1) is 5.56 Å². The summed E-state index contributed by atoms with van der Waals surface area (Å²) < 4.78 is 1.06. The van der Waals surface area contributed by atoms with Crippen molar-refractivity contribution in [3.05, 3.63) is 27.3 Å². The van der Waals surface area contributed by atoms with Gasteiger partial charge in [-0.05, 0) is 40.8 Å². The summed E-state index contributed by atoms with van der Waals surface area (Å²) in [6.45, 7) is 0. The Bertz CT molecular complexity index is 290. The minimum atomic E-state index is 0.634. The molecule has 0 saturated heterocycles. The highest BCUT2D eigenvalue weighted by atomic mass is 127. The second-order valence-corrected chi connectivity index (χ2v) is 3.50. The first-order valence-corrected chi connectivity index (χ1v) is 4.15. The first-order valence-electron chi connectivity index (χ1n) is 2.62. The average molecular weight is 261 g/mol. The zero-order chi connectivity index (χ0) is 7.56. The Hall–Kier alpha value is -0.210. The molecular formula is C7H4INS. The second kappa shape index (κ2) is 3.26. The van der Waals surface area contributed by atoms with Gasteiger partial charge in [-0.1, -0.05) is 0 Å². The Morgan fingerprint density at radius 1 is 1.50 bits per heavy atom. The number of hydrogen-bond acceptors (Lipinski definition) is 2. The molecule has 0 bridgehead atoms. The largest absolute Gasteiger partial charge is 0.192 e. The molecule has 1 aromatic carbocycles. The Labute approximate surface area is 78.6 Å². The van der Waals surface area contributed by atoms with E-state index in [0.717, 1.165) is 8.47 Å². The Kier molecular flexibility index (Phi) is 2.57. The second-order valence-electron chi connectivity index (χ2n) is 1.77. The Morgan fingerprint density at radius 2 is 2.20 bits per heavy atom. The van der Waals surface area contributed by atoms with Crippen LogP contribution in [0, 0.1) is 14.9 Å². The molecule has 50 valence electrons. The van der Waals surface area contributed by atoms with Crippen molar-refractivity contribution in [2.75, 3.05) is 0 Å². The fraction of sp³-hybridized carbons (Fsp3) is 0. The molecule has 1 aromatic rings. The van der Waals surface area contributed by atoms with Gasteiger partial charge in [0.15, 0.2) is 0 Å². The third-order valence-corrected chi connectivity index (χ3v) is 2.14. The van der Waals surface area contributed by atoms with E-state index in [1.807, 2.05) is 18.2 Å². The van der Waals surface area contributed by atoms with Crippen molar-refractivity contribution in [2.45, 2.75) is 4.90 Å². The third kappa shape index (κ3) is 1.64. The van der Waals surface area contributed by atoms with Crippen LogP contribution in [0.15, 0.2) is 23.1 Å². The highest BCUT2D eigenvalue weighted by Crippen LogP contribution is 2.15. The summed E-state index contributed by atoms with van der Waals surface area (Å²) in [4.78, 5) is 0.739. The van der Waals surface area contributed by atoms with Gasteiger partial charge in [-0.3, -0.25) is 0 Å². The van der Waals surface area contributed by atoms with Crippen LogP contribution in [0.25, 0.3) is 0 Å². The highest BCUT2D eigenvalue weighted by Gasteiger charge is 1.96. The molecule has 0 amide bonds. The van der Waals surface area contributed by atoms with Crippen molar-refractivity contribution < 1.29 is 0 Å². The number of nitriles is 1.